The number of fused-ring (bicyclic) bond motifs is 1. The summed E-state index contributed by atoms with van der Waals surface area (Å²) in [6.45, 7) is 3.22. The molecule has 1 aromatic heterocycles. The quantitative estimate of drug-likeness (QED) is 0.717. The molecule has 3 aromatic rings. The third-order valence-electron chi connectivity index (χ3n) is 4.02. The maximum Gasteiger partial charge on any atom is 0.337 e. The number of nitrogens with zero attached hydrogens (tertiary/aromatic N) is 2. The second kappa shape index (κ2) is 6.04. The number of hydrogen-bond acceptors (Lipinski definition) is 5. The Labute approximate surface area is 144 Å². The van der Waals surface area contributed by atoms with Crippen LogP contribution in [0.25, 0.3) is 22.2 Å². The number of rotatable bonds is 3. The summed E-state index contributed by atoms with van der Waals surface area (Å²) in [5, 5.41) is 20.2. The van der Waals surface area contributed by atoms with Gasteiger partial charge in [0.1, 0.15) is 0 Å². The summed E-state index contributed by atoms with van der Waals surface area (Å²) in [7, 11) is 1.29. The van der Waals surface area contributed by atoms with E-state index in [1.807, 2.05) is 18.2 Å². The number of benzene rings is 2. The number of aliphatic hydroxyl groups is 1. The van der Waals surface area contributed by atoms with Crippen molar-refractivity contribution in [1.29, 1.82) is 5.26 Å². The number of hydrogen-bond donors (Lipinski definition) is 2. The van der Waals surface area contributed by atoms with Crippen molar-refractivity contribution in [2.24, 2.45) is 0 Å². The molecule has 0 amide bonds. The van der Waals surface area contributed by atoms with Gasteiger partial charge in [-0.1, -0.05) is 6.07 Å². The van der Waals surface area contributed by atoms with E-state index in [1.165, 1.54) is 13.2 Å². The first-order valence-corrected chi connectivity index (χ1v) is 7.68. The highest BCUT2D eigenvalue weighted by Crippen LogP contribution is 2.36. The van der Waals surface area contributed by atoms with Gasteiger partial charge in [-0.05, 0) is 49.2 Å². The van der Waals surface area contributed by atoms with Crippen molar-refractivity contribution in [3.05, 3.63) is 53.3 Å². The van der Waals surface area contributed by atoms with Crippen molar-refractivity contribution in [3.8, 4) is 17.2 Å². The summed E-state index contributed by atoms with van der Waals surface area (Å²) in [6, 6.07) is 10.7. The molecule has 0 radical (unpaired) electrons. The fourth-order valence-corrected chi connectivity index (χ4v) is 2.95. The van der Waals surface area contributed by atoms with Crippen LogP contribution in [0.15, 0.2) is 36.7 Å². The van der Waals surface area contributed by atoms with E-state index in [9.17, 15) is 15.2 Å². The van der Waals surface area contributed by atoms with Gasteiger partial charge in [-0.25, -0.2) is 9.78 Å². The summed E-state index contributed by atoms with van der Waals surface area (Å²) in [4.78, 5) is 19.2. The van der Waals surface area contributed by atoms with Crippen LogP contribution in [0.4, 0.5) is 0 Å². The smallest absolute Gasteiger partial charge is 0.337 e. The minimum atomic E-state index is -1.27. The molecule has 0 atom stereocenters. The van der Waals surface area contributed by atoms with Crippen molar-refractivity contribution in [2.75, 3.05) is 7.11 Å². The third kappa shape index (κ3) is 2.97. The average molecular weight is 335 g/mol. The number of aromatic nitrogens is 2. The van der Waals surface area contributed by atoms with E-state index in [2.05, 4.69) is 16.0 Å². The van der Waals surface area contributed by atoms with Crippen LogP contribution in [0, 0.1) is 11.3 Å². The zero-order valence-electron chi connectivity index (χ0n) is 14.1. The number of methoxy groups -OCH3 is 1. The van der Waals surface area contributed by atoms with Gasteiger partial charge in [0.2, 0.25) is 0 Å². The Kier molecular flexibility index (Phi) is 4.03. The van der Waals surface area contributed by atoms with Crippen LogP contribution in [0.5, 0.6) is 0 Å². The summed E-state index contributed by atoms with van der Waals surface area (Å²) < 4.78 is 4.78. The molecule has 2 aromatic carbocycles. The van der Waals surface area contributed by atoms with Gasteiger partial charge < -0.3 is 14.8 Å². The first-order chi connectivity index (χ1) is 11.8. The number of ether oxygens (including phenoxy) is 1. The Bertz CT molecular complexity index is 1010. The second-order valence-electron chi connectivity index (χ2n) is 6.24. The SMILES string of the molecule is COC(=O)c1cc(C#N)c(C(C)(C)O)c(-c2ccc3[nH]cnc3c2)c1. The molecule has 25 heavy (non-hydrogen) atoms. The largest absolute Gasteiger partial charge is 0.465 e. The molecule has 0 aliphatic rings. The van der Waals surface area contributed by atoms with Gasteiger partial charge in [0.05, 0.1) is 47.3 Å². The maximum absolute atomic E-state index is 12.0. The first-order valence-electron chi connectivity index (χ1n) is 7.68. The van der Waals surface area contributed by atoms with Gasteiger partial charge >= 0.3 is 5.97 Å². The molecule has 126 valence electrons. The number of nitrogens with one attached hydrogen (secondary N) is 1. The normalized spacial score (nSPS) is 11.3. The van der Waals surface area contributed by atoms with Crippen molar-refractivity contribution in [1.82, 2.24) is 9.97 Å². The number of esters is 1. The molecular formula is C19H17N3O3. The van der Waals surface area contributed by atoms with Gasteiger partial charge in [-0.2, -0.15) is 5.26 Å². The average Bonchev–Trinajstić information content (AvgIpc) is 3.06. The molecule has 0 aliphatic carbocycles. The van der Waals surface area contributed by atoms with Gasteiger partial charge in [-0.3, -0.25) is 0 Å². The molecule has 0 aliphatic heterocycles. The van der Waals surface area contributed by atoms with E-state index in [1.54, 1.807) is 26.2 Å². The molecular weight excluding hydrogens is 318 g/mol. The van der Waals surface area contributed by atoms with Gasteiger partial charge in [0, 0.05) is 5.56 Å². The molecule has 0 spiro atoms. The summed E-state index contributed by atoms with van der Waals surface area (Å²) in [6.07, 6.45) is 1.59. The number of carbonyl (C=O) groups is 1. The number of H-pyrrole nitrogens is 1. The maximum atomic E-state index is 12.0. The van der Waals surface area contributed by atoms with Crippen LogP contribution in [0.1, 0.15) is 35.3 Å². The summed E-state index contributed by atoms with van der Waals surface area (Å²) in [5.74, 6) is -0.541. The van der Waals surface area contributed by atoms with Gasteiger partial charge in [0.25, 0.3) is 0 Å². The number of nitriles is 1. The van der Waals surface area contributed by atoms with Crippen LogP contribution in [-0.2, 0) is 10.3 Å². The highest BCUT2D eigenvalue weighted by atomic mass is 16.5. The molecule has 0 unspecified atom stereocenters. The molecule has 1 heterocycles. The van der Waals surface area contributed by atoms with E-state index in [0.29, 0.717) is 11.1 Å². The third-order valence-corrected chi connectivity index (χ3v) is 4.02. The Morgan fingerprint density at radius 2 is 2.08 bits per heavy atom. The number of aromatic amines is 1. The number of imidazole rings is 1. The van der Waals surface area contributed by atoms with Crippen LogP contribution in [0.2, 0.25) is 0 Å². The van der Waals surface area contributed by atoms with E-state index in [0.717, 1.165) is 16.6 Å². The predicted molar refractivity (Wildman–Crippen MR) is 92.8 cm³/mol. The van der Waals surface area contributed by atoms with Crippen molar-refractivity contribution < 1.29 is 14.6 Å². The zero-order chi connectivity index (χ0) is 18.2. The fraction of sp³-hybridized carbons (Fsp3) is 0.211. The summed E-state index contributed by atoms with van der Waals surface area (Å²) in [5.41, 5.74) is 2.64. The predicted octanol–water partition coefficient (Wildman–Crippen LogP) is 3.12. The van der Waals surface area contributed by atoms with E-state index in [4.69, 9.17) is 4.74 Å². The van der Waals surface area contributed by atoms with Crippen molar-refractivity contribution >= 4 is 17.0 Å². The number of carbonyl (C=O) groups excluding carboxylic acids is 1. The fourth-order valence-electron chi connectivity index (χ4n) is 2.95. The lowest BCUT2D eigenvalue weighted by Gasteiger charge is -2.24. The Hall–Kier alpha value is -3.17. The first kappa shape index (κ1) is 16.7. The lowest BCUT2D eigenvalue weighted by atomic mass is 9.84. The van der Waals surface area contributed by atoms with Gasteiger partial charge in [-0.15, -0.1) is 0 Å². The molecule has 3 rings (SSSR count). The second-order valence-corrected chi connectivity index (χ2v) is 6.24. The lowest BCUT2D eigenvalue weighted by molar-refractivity contribution is 0.0598. The van der Waals surface area contributed by atoms with Crippen molar-refractivity contribution in [3.63, 3.8) is 0 Å². The highest BCUT2D eigenvalue weighted by molar-refractivity contribution is 5.93. The lowest BCUT2D eigenvalue weighted by Crippen LogP contribution is -2.20. The van der Waals surface area contributed by atoms with E-state index < -0.39 is 11.6 Å². The monoisotopic (exact) mass is 335 g/mol. The van der Waals surface area contributed by atoms with Crippen molar-refractivity contribution in [2.45, 2.75) is 19.4 Å². The van der Waals surface area contributed by atoms with Crippen LogP contribution in [0.3, 0.4) is 0 Å². The Morgan fingerprint density at radius 1 is 1.32 bits per heavy atom. The van der Waals surface area contributed by atoms with Gasteiger partial charge in [0.15, 0.2) is 0 Å². The molecule has 2 N–H and O–H groups in total. The molecule has 6 heteroatoms. The highest BCUT2D eigenvalue weighted by Gasteiger charge is 2.27. The van der Waals surface area contributed by atoms with E-state index >= 15 is 0 Å². The van der Waals surface area contributed by atoms with Crippen LogP contribution in [-0.4, -0.2) is 28.2 Å². The topological polar surface area (TPSA) is 99.0 Å². The zero-order valence-corrected chi connectivity index (χ0v) is 14.1. The minimum Gasteiger partial charge on any atom is -0.465 e. The molecule has 0 saturated heterocycles. The van der Waals surface area contributed by atoms with Crippen LogP contribution >= 0.6 is 0 Å². The summed E-state index contributed by atoms with van der Waals surface area (Å²) >= 11 is 0. The molecule has 0 bridgehead atoms. The van der Waals surface area contributed by atoms with Crippen LogP contribution < -0.4 is 0 Å². The minimum absolute atomic E-state index is 0.229. The molecule has 6 nitrogen and oxygen atoms in total. The molecule has 0 saturated carbocycles. The van der Waals surface area contributed by atoms with E-state index in [-0.39, 0.29) is 11.1 Å². The molecule has 0 fully saturated rings. The Morgan fingerprint density at radius 3 is 2.72 bits per heavy atom. The Balaban J connectivity index is 2.35. The standard InChI is InChI=1S/C19H17N3O3/c1-19(2,24)17-13(9-20)6-12(18(23)25-3)7-14(17)11-4-5-15-16(8-11)22-10-21-15/h4-8,10,24H,1-3H3,(H,21,22).